The predicted molar refractivity (Wildman–Crippen MR) is 87.9 cm³/mol. The smallest absolute Gasteiger partial charge is 0.267 e. The van der Waals surface area contributed by atoms with Crippen LogP contribution in [0.2, 0.25) is 0 Å². The number of aryl methyl sites for hydroxylation is 1. The standard InChI is InChI=1S/C16H18N4O2S/c1-10-2-4-11(5-3-10)13-14(23-19-18-13)16(22)20-8-6-12(7-9-20)15(17)21/h2-5,12H,6-9H2,1H3,(H2,17,21). The molecule has 0 aliphatic carbocycles. The van der Waals surface area contributed by atoms with Crippen molar-refractivity contribution in [2.24, 2.45) is 11.7 Å². The van der Waals surface area contributed by atoms with E-state index in [2.05, 4.69) is 9.59 Å². The van der Waals surface area contributed by atoms with Gasteiger partial charge in [-0.1, -0.05) is 34.3 Å². The third kappa shape index (κ3) is 3.24. The largest absolute Gasteiger partial charge is 0.369 e. The molecular weight excluding hydrogens is 312 g/mol. The van der Waals surface area contributed by atoms with Crippen molar-refractivity contribution in [2.45, 2.75) is 19.8 Å². The minimum absolute atomic E-state index is 0.0708. The predicted octanol–water partition coefficient (Wildman–Crippen LogP) is 1.85. The number of primary amides is 1. The second kappa shape index (κ2) is 6.45. The lowest BCUT2D eigenvalue weighted by Crippen LogP contribution is -2.41. The Morgan fingerprint density at radius 2 is 1.87 bits per heavy atom. The molecule has 0 bridgehead atoms. The van der Waals surface area contributed by atoms with Crippen LogP contribution in [0.15, 0.2) is 24.3 Å². The molecule has 3 rings (SSSR count). The molecule has 2 aromatic rings. The molecule has 1 aromatic heterocycles. The molecule has 1 aliphatic heterocycles. The monoisotopic (exact) mass is 330 g/mol. The first-order valence-corrected chi connectivity index (χ1v) is 8.31. The van der Waals surface area contributed by atoms with Gasteiger partial charge in [0.25, 0.3) is 5.91 Å². The molecule has 2 heterocycles. The number of hydrogen-bond donors (Lipinski definition) is 1. The van der Waals surface area contributed by atoms with Crippen LogP contribution in [-0.2, 0) is 4.79 Å². The van der Waals surface area contributed by atoms with Crippen LogP contribution in [0.5, 0.6) is 0 Å². The molecule has 23 heavy (non-hydrogen) atoms. The first-order valence-electron chi connectivity index (χ1n) is 7.54. The van der Waals surface area contributed by atoms with Crippen LogP contribution in [0.25, 0.3) is 11.3 Å². The Balaban J connectivity index is 1.78. The number of nitrogens with zero attached hydrogens (tertiary/aromatic N) is 3. The fraction of sp³-hybridized carbons (Fsp3) is 0.375. The third-order valence-corrected chi connectivity index (χ3v) is 4.91. The molecule has 0 atom stereocenters. The Labute approximate surface area is 138 Å². The Hall–Kier alpha value is -2.28. The number of hydrogen-bond acceptors (Lipinski definition) is 5. The highest BCUT2D eigenvalue weighted by atomic mass is 32.1. The fourth-order valence-electron chi connectivity index (χ4n) is 2.74. The van der Waals surface area contributed by atoms with Crippen LogP contribution < -0.4 is 5.73 Å². The Bertz CT molecular complexity index is 718. The minimum Gasteiger partial charge on any atom is -0.369 e. The number of amides is 2. The van der Waals surface area contributed by atoms with E-state index >= 15 is 0 Å². The van der Waals surface area contributed by atoms with Crippen molar-refractivity contribution in [1.29, 1.82) is 0 Å². The van der Waals surface area contributed by atoms with Gasteiger partial charge in [0.1, 0.15) is 10.6 Å². The topological polar surface area (TPSA) is 89.2 Å². The van der Waals surface area contributed by atoms with Crippen LogP contribution in [0, 0.1) is 12.8 Å². The number of carbonyl (C=O) groups is 2. The van der Waals surface area contributed by atoms with Gasteiger partial charge in [0, 0.05) is 24.6 Å². The van der Waals surface area contributed by atoms with Gasteiger partial charge < -0.3 is 10.6 Å². The quantitative estimate of drug-likeness (QED) is 0.930. The molecule has 2 amide bonds. The van der Waals surface area contributed by atoms with Crippen LogP contribution in [0.3, 0.4) is 0 Å². The molecule has 0 unspecified atom stereocenters. The minimum atomic E-state index is -0.281. The number of rotatable bonds is 3. The van der Waals surface area contributed by atoms with E-state index in [-0.39, 0.29) is 17.7 Å². The van der Waals surface area contributed by atoms with Crippen molar-refractivity contribution in [2.75, 3.05) is 13.1 Å². The zero-order valence-corrected chi connectivity index (χ0v) is 13.7. The molecule has 6 nitrogen and oxygen atoms in total. The second-order valence-electron chi connectivity index (χ2n) is 5.79. The number of benzene rings is 1. The summed E-state index contributed by atoms with van der Waals surface area (Å²) in [4.78, 5) is 26.3. The maximum absolute atomic E-state index is 12.7. The summed E-state index contributed by atoms with van der Waals surface area (Å²) in [5, 5.41) is 4.12. The summed E-state index contributed by atoms with van der Waals surface area (Å²) in [5.74, 6) is -0.481. The maximum Gasteiger partial charge on any atom is 0.267 e. The highest BCUT2D eigenvalue weighted by Crippen LogP contribution is 2.27. The molecule has 0 spiro atoms. The molecule has 7 heteroatoms. The van der Waals surface area contributed by atoms with Gasteiger partial charge in [-0.15, -0.1) is 5.10 Å². The van der Waals surface area contributed by atoms with E-state index in [1.807, 2.05) is 31.2 Å². The van der Waals surface area contributed by atoms with Crippen molar-refractivity contribution in [1.82, 2.24) is 14.5 Å². The average molecular weight is 330 g/mol. The highest BCUT2D eigenvalue weighted by molar-refractivity contribution is 7.08. The summed E-state index contributed by atoms with van der Waals surface area (Å²) in [6.45, 7) is 3.09. The van der Waals surface area contributed by atoms with E-state index in [1.165, 1.54) is 0 Å². The number of likely N-dealkylation sites (tertiary alicyclic amines) is 1. The van der Waals surface area contributed by atoms with E-state index in [9.17, 15) is 9.59 Å². The number of carbonyl (C=O) groups excluding carboxylic acids is 2. The summed E-state index contributed by atoms with van der Waals surface area (Å²) in [6.07, 6.45) is 1.24. The van der Waals surface area contributed by atoms with Gasteiger partial charge in [0.05, 0.1) is 0 Å². The SMILES string of the molecule is Cc1ccc(-c2nnsc2C(=O)N2CCC(C(N)=O)CC2)cc1. The second-order valence-corrected chi connectivity index (χ2v) is 6.54. The lowest BCUT2D eigenvalue weighted by atomic mass is 9.96. The van der Waals surface area contributed by atoms with Crippen molar-refractivity contribution in [3.63, 3.8) is 0 Å². The van der Waals surface area contributed by atoms with E-state index < -0.39 is 0 Å². The first-order chi connectivity index (χ1) is 11.1. The third-order valence-electron chi connectivity index (χ3n) is 4.19. The number of nitrogens with two attached hydrogens (primary N) is 1. The Morgan fingerprint density at radius 1 is 1.22 bits per heavy atom. The normalized spacial score (nSPS) is 15.6. The molecule has 1 saturated heterocycles. The molecule has 0 saturated carbocycles. The van der Waals surface area contributed by atoms with Gasteiger partial charge >= 0.3 is 0 Å². The zero-order valence-electron chi connectivity index (χ0n) is 12.9. The van der Waals surface area contributed by atoms with Crippen molar-refractivity contribution in [3.05, 3.63) is 34.7 Å². The van der Waals surface area contributed by atoms with Gasteiger partial charge in [-0.25, -0.2) is 0 Å². The van der Waals surface area contributed by atoms with Crippen molar-refractivity contribution in [3.8, 4) is 11.3 Å². The van der Waals surface area contributed by atoms with E-state index in [0.717, 1.165) is 22.7 Å². The summed E-state index contributed by atoms with van der Waals surface area (Å²) in [6, 6.07) is 7.87. The molecule has 1 aromatic carbocycles. The van der Waals surface area contributed by atoms with Crippen LogP contribution in [-0.4, -0.2) is 39.4 Å². The van der Waals surface area contributed by atoms with Gasteiger partial charge in [-0.2, -0.15) is 0 Å². The molecule has 120 valence electrons. The zero-order chi connectivity index (χ0) is 16.4. The first kappa shape index (κ1) is 15.6. The van der Waals surface area contributed by atoms with Gasteiger partial charge in [-0.3, -0.25) is 9.59 Å². The average Bonchev–Trinajstić information content (AvgIpc) is 3.04. The molecule has 1 fully saturated rings. The van der Waals surface area contributed by atoms with E-state index in [1.54, 1.807) is 4.90 Å². The number of aromatic nitrogens is 2. The van der Waals surface area contributed by atoms with Gasteiger partial charge in [0.2, 0.25) is 5.91 Å². The van der Waals surface area contributed by atoms with Crippen molar-refractivity contribution < 1.29 is 9.59 Å². The molecule has 1 aliphatic rings. The van der Waals surface area contributed by atoms with E-state index in [4.69, 9.17) is 5.73 Å². The van der Waals surface area contributed by atoms with Crippen molar-refractivity contribution >= 4 is 23.3 Å². The van der Waals surface area contributed by atoms with Crippen LogP contribution in [0.4, 0.5) is 0 Å². The van der Waals surface area contributed by atoms with Gasteiger partial charge in [0.15, 0.2) is 0 Å². The molecule has 0 radical (unpaired) electrons. The molecule has 2 N–H and O–H groups in total. The summed E-state index contributed by atoms with van der Waals surface area (Å²) in [5.41, 5.74) is 8.00. The maximum atomic E-state index is 12.7. The fourth-order valence-corrected chi connectivity index (χ4v) is 3.40. The lowest BCUT2D eigenvalue weighted by molar-refractivity contribution is -0.123. The summed E-state index contributed by atoms with van der Waals surface area (Å²) in [7, 11) is 0. The summed E-state index contributed by atoms with van der Waals surface area (Å²) < 4.78 is 3.95. The van der Waals surface area contributed by atoms with Crippen LogP contribution in [0.1, 0.15) is 28.1 Å². The van der Waals surface area contributed by atoms with E-state index in [0.29, 0.717) is 36.5 Å². The van der Waals surface area contributed by atoms with Gasteiger partial charge in [-0.05, 0) is 31.3 Å². The summed E-state index contributed by atoms with van der Waals surface area (Å²) >= 11 is 1.11. The highest BCUT2D eigenvalue weighted by Gasteiger charge is 2.29. The Kier molecular flexibility index (Phi) is 4.38. The number of piperidine rings is 1. The Morgan fingerprint density at radius 3 is 2.48 bits per heavy atom. The molecular formula is C16H18N4O2S. The lowest BCUT2D eigenvalue weighted by Gasteiger charge is -2.30. The van der Waals surface area contributed by atoms with Crippen LogP contribution >= 0.6 is 11.5 Å².